The summed E-state index contributed by atoms with van der Waals surface area (Å²) in [6, 6.07) is 39.2. The van der Waals surface area contributed by atoms with E-state index < -0.39 is 0 Å². The van der Waals surface area contributed by atoms with Crippen molar-refractivity contribution in [1.82, 2.24) is 19.5 Å². The molecule has 0 radical (unpaired) electrons. The van der Waals surface area contributed by atoms with Gasteiger partial charge in [-0.2, -0.15) is 9.97 Å². The smallest absolute Gasteiger partial charge is 0.238 e. The Bertz CT molecular complexity index is 1980. The van der Waals surface area contributed by atoms with E-state index in [0.717, 1.165) is 44.2 Å². The van der Waals surface area contributed by atoms with Gasteiger partial charge in [0.25, 0.3) is 0 Å². The summed E-state index contributed by atoms with van der Waals surface area (Å²) < 4.78 is 17.4. The van der Waals surface area contributed by atoms with Crippen LogP contribution >= 0.6 is 0 Å². The second kappa shape index (κ2) is 9.75. The summed E-state index contributed by atoms with van der Waals surface area (Å²) in [7, 11) is 1.86. The number of hydrogen-bond donors (Lipinski definition) is 1. The van der Waals surface area contributed by atoms with Crippen molar-refractivity contribution in [3.63, 3.8) is 0 Å². The number of halogens is 1. The monoisotopic (exact) mass is 521 g/mol. The average Bonchev–Trinajstić information content (AvgIpc) is 3.38. The van der Waals surface area contributed by atoms with Crippen LogP contribution in [0.2, 0.25) is 0 Å². The van der Waals surface area contributed by atoms with E-state index in [1.807, 2.05) is 96.5 Å². The van der Waals surface area contributed by atoms with Crippen molar-refractivity contribution in [2.75, 3.05) is 12.4 Å². The molecule has 0 saturated heterocycles. The Balaban J connectivity index is 1.50. The Labute approximate surface area is 230 Å². The predicted molar refractivity (Wildman–Crippen MR) is 160 cm³/mol. The number of rotatable bonds is 5. The van der Waals surface area contributed by atoms with Gasteiger partial charge in [-0.25, -0.2) is 9.37 Å². The van der Waals surface area contributed by atoms with Gasteiger partial charge in [-0.15, -0.1) is 0 Å². The fourth-order valence-corrected chi connectivity index (χ4v) is 5.23. The maximum atomic E-state index is 15.5. The highest BCUT2D eigenvalue weighted by Gasteiger charge is 2.21. The molecule has 0 saturated carbocycles. The van der Waals surface area contributed by atoms with Gasteiger partial charge >= 0.3 is 0 Å². The molecule has 0 aliphatic heterocycles. The highest BCUT2D eigenvalue weighted by atomic mass is 19.1. The molecular weight excluding hydrogens is 497 g/mol. The molecule has 0 aliphatic carbocycles. The minimum absolute atomic E-state index is 0.341. The Kier molecular flexibility index (Phi) is 5.78. The third-order valence-electron chi connectivity index (χ3n) is 7.14. The molecule has 0 fully saturated rings. The first-order chi connectivity index (χ1) is 19.7. The molecule has 0 spiro atoms. The molecule has 2 aromatic heterocycles. The van der Waals surface area contributed by atoms with Crippen LogP contribution in [0.25, 0.3) is 61.7 Å². The Morgan fingerprint density at radius 1 is 0.525 bits per heavy atom. The standard InChI is InChI=1S/C34H24FN5/c1-36-29-17-9-15-27-26-14-8-16-28(35)30(26)40(31(27)29)34-38-32(24-12-6-3-7-13-24)37-33(39-34)25-20-18-23(19-21-25)22-10-4-2-5-11-22/h2-21,36H,1H3. The van der Waals surface area contributed by atoms with E-state index >= 15 is 4.39 Å². The van der Waals surface area contributed by atoms with Crippen molar-refractivity contribution in [1.29, 1.82) is 0 Å². The fraction of sp³-hybridized carbons (Fsp3) is 0.0294. The molecule has 6 heteroatoms. The SMILES string of the molecule is CNc1cccc2c3cccc(F)c3n(-c3nc(-c4ccccc4)nc(-c4ccc(-c5ccccc5)cc4)n3)c12. The van der Waals surface area contributed by atoms with Crippen LogP contribution in [0.5, 0.6) is 0 Å². The summed E-state index contributed by atoms with van der Waals surface area (Å²) in [6.45, 7) is 0. The average molecular weight is 522 g/mol. The van der Waals surface area contributed by atoms with Gasteiger partial charge in [0.15, 0.2) is 11.6 Å². The van der Waals surface area contributed by atoms with Crippen molar-refractivity contribution in [3.05, 3.63) is 127 Å². The molecule has 0 unspecified atom stereocenters. The molecular formula is C34H24FN5. The maximum absolute atomic E-state index is 15.5. The van der Waals surface area contributed by atoms with E-state index in [0.29, 0.717) is 23.1 Å². The van der Waals surface area contributed by atoms with Crippen LogP contribution in [-0.2, 0) is 0 Å². The van der Waals surface area contributed by atoms with Crippen LogP contribution in [0, 0.1) is 5.82 Å². The van der Waals surface area contributed by atoms with E-state index in [1.165, 1.54) is 6.07 Å². The van der Waals surface area contributed by atoms with Gasteiger partial charge in [0.2, 0.25) is 5.95 Å². The quantitative estimate of drug-likeness (QED) is 0.248. The summed E-state index contributed by atoms with van der Waals surface area (Å²) in [5.74, 6) is 1.03. The first-order valence-corrected chi connectivity index (χ1v) is 13.1. The molecule has 2 heterocycles. The van der Waals surface area contributed by atoms with Gasteiger partial charge < -0.3 is 5.32 Å². The molecule has 40 heavy (non-hydrogen) atoms. The van der Waals surface area contributed by atoms with Crippen LogP contribution in [0.3, 0.4) is 0 Å². The first-order valence-electron chi connectivity index (χ1n) is 13.1. The lowest BCUT2D eigenvalue weighted by Crippen LogP contribution is -2.08. The Morgan fingerprint density at radius 3 is 1.70 bits per heavy atom. The number of hydrogen-bond acceptors (Lipinski definition) is 4. The highest BCUT2D eigenvalue weighted by Crippen LogP contribution is 2.37. The normalized spacial score (nSPS) is 11.2. The topological polar surface area (TPSA) is 55.6 Å². The summed E-state index contributed by atoms with van der Waals surface area (Å²) in [5.41, 5.74) is 6.01. The molecule has 7 rings (SSSR count). The highest BCUT2D eigenvalue weighted by molar-refractivity contribution is 6.13. The van der Waals surface area contributed by atoms with Crippen LogP contribution < -0.4 is 5.32 Å². The van der Waals surface area contributed by atoms with E-state index in [1.54, 1.807) is 6.07 Å². The zero-order valence-electron chi connectivity index (χ0n) is 21.7. The van der Waals surface area contributed by atoms with Crippen molar-refractivity contribution >= 4 is 27.5 Å². The van der Waals surface area contributed by atoms with Crippen molar-refractivity contribution in [3.8, 4) is 39.9 Å². The van der Waals surface area contributed by atoms with Gasteiger partial charge in [-0.05, 0) is 23.3 Å². The molecule has 192 valence electrons. The van der Waals surface area contributed by atoms with Crippen LogP contribution in [0.1, 0.15) is 0 Å². The molecule has 0 amide bonds. The zero-order chi connectivity index (χ0) is 27.1. The van der Waals surface area contributed by atoms with Gasteiger partial charge in [-0.3, -0.25) is 4.57 Å². The Hall–Kier alpha value is -5.36. The first kappa shape index (κ1) is 23.7. The predicted octanol–water partition coefficient (Wildman–Crippen LogP) is 8.15. The summed E-state index contributed by atoms with van der Waals surface area (Å²) >= 11 is 0. The summed E-state index contributed by atoms with van der Waals surface area (Å²) in [5, 5.41) is 4.97. The maximum Gasteiger partial charge on any atom is 0.238 e. The van der Waals surface area contributed by atoms with Crippen LogP contribution in [0.15, 0.2) is 121 Å². The summed E-state index contributed by atoms with van der Waals surface area (Å²) in [6.07, 6.45) is 0. The van der Waals surface area contributed by atoms with Crippen LogP contribution in [0.4, 0.5) is 10.1 Å². The minimum atomic E-state index is -0.341. The number of benzene rings is 5. The van der Waals surface area contributed by atoms with E-state index in [2.05, 4.69) is 29.6 Å². The lowest BCUT2D eigenvalue weighted by molar-refractivity contribution is 0.634. The molecule has 1 N–H and O–H groups in total. The minimum Gasteiger partial charge on any atom is -0.386 e. The van der Waals surface area contributed by atoms with Crippen molar-refractivity contribution < 1.29 is 4.39 Å². The molecule has 0 aliphatic rings. The fourth-order valence-electron chi connectivity index (χ4n) is 5.23. The van der Waals surface area contributed by atoms with E-state index in [-0.39, 0.29) is 5.82 Å². The van der Waals surface area contributed by atoms with E-state index in [9.17, 15) is 0 Å². The third-order valence-corrected chi connectivity index (χ3v) is 7.14. The lowest BCUT2D eigenvalue weighted by atomic mass is 10.0. The van der Waals surface area contributed by atoms with Gasteiger partial charge in [0.05, 0.1) is 16.7 Å². The third kappa shape index (κ3) is 3.98. The number of anilines is 1. The van der Waals surface area contributed by atoms with E-state index in [4.69, 9.17) is 15.0 Å². The lowest BCUT2D eigenvalue weighted by Gasteiger charge is -2.13. The molecule has 7 aromatic rings. The number of nitrogens with one attached hydrogen (secondary N) is 1. The molecule has 5 aromatic carbocycles. The molecule has 0 atom stereocenters. The zero-order valence-corrected chi connectivity index (χ0v) is 21.7. The largest absolute Gasteiger partial charge is 0.386 e. The molecule has 0 bridgehead atoms. The number of para-hydroxylation sites is 2. The van der Waals surface area contributed by atoms with Crippen LogP contribution in [-0.4, -0.2) is 26.6 Å². The Morgan fingerprint density at radius 2 is 1.05 bits per heavy atom. The molecule has 5 nitrogen and oxygen atoms in total. The van der Waals surface area contributed by atoms with Gasteiger partial charge in [-0.1, -0.05) is 109 Å². The van der Waals surface area contributed by atoms with Crippen molar-refractivity contribution in [2.45, 2.75) is 0 Å². The number of nitrogens with zero attached hydrogens (tertiary/aromatic N) is 4. The van der Waals surface area contributed by atoms with Gasteiger partial charge in [0, 0.05) is 28.9 Å². The second-order valence-electron chi connectivity index (χ2n) is 9.52. The second-order valence-corrected chi connectivity index (χ2v) is 9.52. The van der Waals surface area contributed by atoms with Crippen molar-refractivity contribution in [2.24, 2.45) is 0 Å². The number of fused-ring (bicyclic) bond motifs is 3. The number of aromatic nitrogens is 4. The van der Waals surface area contributed by atoms with Gasteiger partial charge in [0.1, 0.15) is 5.82 Å². The summed E-state index contributed by atoms with van der Waals surface area (Å²) in [4.78, 5) is 14.7.